The highest BCUT2D eigenvalue weighted by Crippen LogP contribution is 2.33. The zero-order valence-corrected chi connectivity index (χ0v) is 13.7. The molecule has 106 valence electrons. The van der Waals surface area contributed by atoms with Gasteiger partial charge in [0.25, 0.3) is 0 Å². The van der Waals surface area contributed by atoms with Crippen LogP contribution in [0.1, 0.15) is 53.8 Å². The van der Waals surface area contributed by atoms with Gasteiger partial charge in [-0.1, -0.05) is 55.8 Å². The summed E-state index contributed by atoms with van der Waals surface area (Å²) in [6.07, 6.45) is 1.15. The van der Waals surface area contributed by atoms with Crippen molar-refractivity contribution < 1.29 is 0 Å². The standard InChI is InChI=1S/C18H20Cl2/c1-4-12(2)14-6-8-15(9-7-14)18(20)17-11-16(19)10-5-13(17)3/h5-12,18H,4H2,1-3H3. The highest BCUT2D eigenvalue weighted by molar-refractivity contribution is 6.31. The lowest BCUT2D eigenvalue weighted by Gasteiger charge is -2.15. The molecule has 0 N–H and O–H groups in total. The predicted octanol–water partition coefficient (Wildman–Crippen LogP) is 6.49. The molecule has 0 radical (unpaired) electrons. The van der Waals surface area contributed by atoms with E-state index >= 15 is 0 Å². The van der Waals surface area contributed by atoms with Crippen LogP contribution in [0.15, 0.2) is 42.5 Å². The molecule has 2 atom stereocenters. The first-order valence-corrected chi connectivity index (χ1v) is 7.84. The van der Waals surface area contributed by atoms with E-state index in [-0.39, 0.29) is 5.38 Å². The Morgan fingerprint density at radius 1 is 1.00 bits per heavy atom. The Morgan fingerprint density at radius 2 is 1.60 bits per heavy atom. The van der Waals surface area contributed by atoms with E-state index in [4.69, 9.17) is 23.2 Å². The van der Waals surface area contributed by atoms with Crippen LogP contribution in [0.3, 0.4) is 0 Å². The Hall–Kier alpha value is -0.980. The molecule has 2 aromatic rings. The van der Waals surface area contributed by atoms with Crippen LogP contribution in [0, 0.1) is 6.92 Å². The van der Waals surface area contributed by atoms with Gasteiger partial charge in [0.05, 0.1) is 5.38 Å². The molecule has 0 bridgehead atoms. The summed E-state index contributed by atoms with van der Waals surface area (Å²) in [4.78, 5) is 0. The van der Waals surface area contributed by atoms with Crippen LogP contribution in [0.5, 0.6) is 0 Å². The van der Waals surface area contributed by atoms with Gasteiger partial charge in [-0.2, -0.15) is 0 Å². The minimum atomic E-state index is -0.153. The molecule has 0 spiro atoms. The van der Waals surface area contributed by atoms with E-state index in [0.29, 0.717) is 5.92 Å². The fourth-order valence-corrected chi connectivity index (χ4v) is 2.85. The minimum Gasteiger partial charge on any atom is -0.113 e. The van der Waals surface area contributed by atoms with Gasteiger partial charge in [0.2, 0.25) is 0 Å². The number of hydrogen-bond donors (Lipinski definition) is 0. The van der Waals surface area contributed by atoms with Crippen molar-refractivity contribution in [2.45, 2.75) is 38.5 Å². The predicted molar refractivity (Wildman–Crippen MR) is 89.0 cm³/mol. The monoisotopic (exact) mass is 306 g/mol. The number of hydrogen-bond acceptors (Lipinski definition) is 0. The molecule has 0 fully saturated rings. The molecular formula is C18H20Cl2. The van der Waals surface area contributed by atoms with Gasteiger partial charge in [0.15, 0.2) is 0 Å². The van der Waals surface area contributed by atoms with Crippen LogP contribution in [-0.4, -0.2) is 0 Å². The maximum atomic E-state index is 6.62. The van der Waals surface area contributed by atoms with Gasteiger partial charge in [0, 0.05) is 5.02 Å². The number of aryl methyl sites for hydroxylation is 1. The summed E-state index contributed by atoms with van der Waals surface area (Å²) in [7, 11) is 0. The molecule has 0 saturated carbocycles. The smallest absolute Gasteiger partial charge is 0.0838 e. The van der Waals surface area contributed by atoms with Gasteiger partial charge in [0.1, 0.15) is 0 Å². The summed E-state index contributed by atoms with van der Waals surface area (Å²) in [6.45, 7) is 6.52. The first-order valence-electron chi connectivity index (χ1n) is 7.03. The molecule has 0 aliphatic rings. The molecule has 2 heteroatoms. The van der Waals surface area contributed by atoms with Crippen molar-refractivity contribution in [1.82, 2.24) is 0 Å². The molecule has 20 heavy (non-hydrogen) atoms. The number of rotatable bonds is 4. The van der Waals surface area contributed by atoms with Crippen molar-refractivity contribution in [2.75, 3.05) is 0 Å². The van der Waals surface area contributed by atoms with Crippen LogP contribution in [0.4, 0.5) is 0 Å². The summed E-state index contributed by atoms with van der Waals surface area (Å²) in [5.74, 6) is 0.589. The third-order valence-electron chi connectivity index (χ3n) is 3.92. The summed E-state index contributed by atoms with van der Waals surface area (Å²) in [5, 5.41) is 0.576. The molecule has 0 heterocycles. The lowest BCUT2D eigenvalue weighted by atomic mass is 9.95. The third kappa shape index (κ3) is 3.37. The maximum Gasteiger partial charge on any atom is 0.0838 e. The second kappa shape index (κ2) is 6.65. The van der Waals surface area contributed by atoms with Gasteiger partial charge >= 0.3 is 0 Å². The fraction of sp³-hybridized carbons (Fsp3) is 0.333. The molecular weight excluding hydrogens is 287 g/mol. The molecule has 2 aromatic carbocycles. The summed E-state index contributed by atoms with van der Waals surface area (Å²) < 4.78 is 0. The van der Waals surface area contributed by atoms with Crippen molar-refractivity contribution in [3.63, 3.8) is 0 Å². The van der Waals surface area contributed by atoms with Crippen LogP contribution in [0.2, 0.25) is 5.02 Å². The van der Waals surface area contributed by atoms with Gasteiger partial charge in [-0.15, -0.1) is 11.6 Å². The quantitative estimate of drug-likeness (QED) is 0.566. The Bertz CT molecular complexity index is 572. The Kier molecular flexibility index (Phi) is 5.12. The van der Waals surface area contributed by atoms with Crippen molar-refractivity contribution in [1.29, 1.82) is 0 Å². The van der Waals surface area contributed by atoms with E-state index in [1.807, 2.05) is 18.2 Å². The van der Waals surface area contributed by atoms with E-state index in [1.54, 1.807) is 0 Å². The normalized spacial score (nSPS) is 14.1. The third-order valence-corrected chi connectivity index (χ3v) is 4.65. The van der Waals surface area contributed by atoms with Crippen molar-refractivity contribution >= 4 is 23.2 Å². The van der Waals surface area contributed by atoms with E-state index in [1.165, 1.54) is 11.1 Å². The van der Waals surface area contributed by atoms with Gasteiger partial charge in [-0.05, 0) is 53.6 Å². The highest BCUT2D eigenvalue weighted by atomic mass is 35.5. The lowest BCUT2D eigenvalue weighted by Crippen LogP contribution is -1.98. The second-order valence-electron chi connectivity index (χ2n) is 5.34. The van der Waals surface area contributed by atoms with E-state index in [0.717, 1.165) is 22.6 Å². The first-order chi connectivity index (χ1) is 9.52. The average molecular weight is 307 g/mol. The highest BCUT2D eigenvalue weighted by Gasteiger charge is 2.14. The molecule has 2 unspecified atom stereocenters. The molecule has 0 nitrogen and oxygen atoms in total. The minimum absolute atomic E-state index is 0.153. The molecule has 0 saturated heterocycles. The van der Waals surface area contributed by atoms with Gasteiger partial charge < -0.3 is 0 Å². The Labute approximate surface area is 131 Å². The number of halogens is 2. The molecule has 0 amide bonds. The summed E-state index contributed by atoms with van der Waals surface area (Å²) >= 11 is 12.7. The second-order valence-corrected chi connectivity index (χ2v) is 6.21. The van der Waals surface area contributed by atoms with Crippen LogP contribution >= 0.6 is 23.2 Å². The molecule has 0 aliphatic carbocycles. The maximum absolute atomic E-state index is 6.62. The van der Waals surface area contributed by atoms with Gasteiger partial charge in [-0.3, -0.25) is 0 Å². The number of alkyl halides is 1. The van der Waals surface area contributed by atoms with E-state index in [9.17, 15) is 0 Å². The first kappa shape index (κ1) is 15.4. The topological polar surface area (TPSA) is 0 Å². The van der Waals surface area contributed by atoms with Crippen molar-refractivity contribution in [3.05, 3.63) is 69.7 Å². The molecule has 0 aliphatic heterocycles. The number of benzene rings is 2. The average Bonchev–Trinajstić information content (AvgIpc) is 2.48. The van der Waals surface area contributed by atoms with Crippen molar-refractivity contribution in [2.24, 2.45) is 0 Å². The van der Waals surface area contributed by atoms with Crippen molar-refractivity contribution in [3.8, 4) is 0 Å². The summed E-state index contributed by atoms with van der Waals surface area (Å²) in [5.41, 5.74) is 4.72. The van der Waals surface area contributed by atoms with Gasteiger partial charge in [-0.25, -0.2) is 0 Å². The summed E-state index contributed by atoms with van der Waals surface area (Å²) in [6, 6.07) is 14.5. The largest absolute Gasteiger partial charge is 0.113 e. The van der Waals surface area contributed by atoms with Crippen LogP contribution in [-0.2, 0) is 0 Å². The SMILES string of the molecule is CCC(C)c1ccc(C(Cl)c2cc(Cl)ccc2C)cc1. The molecule has 2 rings (SSSR count). The van der Waals surface area contributed by atoms with Crippen LogP contribution in [0.25, 0.3) is 0 Å². The Balaban J connectivity index is 2.29. The van der Waals surface area contributed by atoms with Crippen LogP contribution < -0.4 is 0 Å². The van der Waals surface area contributed by atoms with E-state index in [2.05, 4.69) is 45.0 Å². The fourth-order valence-electron chi connectivity index (χ4n) is 2.29. The van der Waals surface area contributed by atoms with E-state index < -0.39 is 0 Å². The lowest BCUT2D eigenvalue weighted by molar-refractivity contribution is 0.733. The molecule has 0 aromatic heterocycles. The Morgan fingerprint density at radius 3 is 2.20 bits per heavy atom. The zero-order chi connectivity index (χ0) is 14.7. The zero-order valence-electron chi connectivity index (χ0n) is 12.2.